The van der Waals surface area contributed by atoms with Crippen molar-refractivity contribution in [3.05, 3.63) is 24.3 Å². The predicted molar refractivity (Wildman–Crippen MR) is 60.4 cm³/mol. The second-order valence-corrected chi connectivity index (χ2v) is 3.08. The highest BCUT2D eigenvalue weighted by Crippen LogP contribution is 2.12. The lowest BCUT2D eigenvalue weighted by molar-refractivity contribution is 0.0726. The summed E-state index contributed by atoms with van der Waals surface area (Å²) in [4.78, 5) is 5.83. The minimum absolute atomic E-state index is 0. The third-order valence-corrected chi connectivity index (χ3v) is 2.04. The molecule has 0 radical (unpaired) electrons. The van der Waals surface area contributed by atoms with Gasteiger partial charge in [0, 0.05) is 19.2 Å². The van der Waals surface area contributed by atoms with Crippen LogP contribution in [-0.4, -0.2) is 29.7 Å². The van der Waals surface area contributed by atoms with E-state index in [4.69, 9.17) is 4.74 Å². The number of likely N-dealkylation sites (tertiary alicyclic amines) is 1. The van der Waals surface area contributed by atoms with E-state index in [1.54, 1.807) is 0 Å². The maximum Gasteiger partial charge on any atom is 0.145 e. The molecular formula is C9H13Cl2FN2O. The van der Waals surface area contributed by atoms with Gasteiger partial charge in [0.05, 0.1) is 12.4 Å². The Morgan fingerprint density at radius 2 is 2.07 bits per heavy atom. The van der Waals surface area contributed by atoms with Gasteiger partial charge in [-0.2, -0.15) is 0 Å². The molecule has 86 valence electrons. The van der Waals surface area contributed by atoms with E-state index in [1.807, 2.05) is 0 Å². The lowest BCUT2D eigenvalue weighted by atomic mass is 10.2. The van der Waals surface area contributed by atoms with E-state index in [9.17, 15) is 4.39 Å². The molecule has 0 atom stereocenters. The summed E-state index contributed by atoms with van der Waals surface area (Å²) in [7, 11) is 0. The van der Waals surface area contributed by atoms with Crippen LogP contribution in [0.5, 0.6) is 5.75 Å². The average molecular weight is 255 g/mol. The van der Waals surface area contributed by atoms with Crippen LogP contribution in [0.1, 0.15) is 6.42 Å². The maximum absolute atomic E-state index is 12.6. The van der Waals surface area contributed by atoms with E-state index in [2.05, 4.69) is 9.88 Å². The number of rotatable bonds is 3. The maximum atomic E-state index is 12.6. The minimum Gasteiger partial charge on any atom is -0.476 e. The van der Waals surface area contributed by atoms with Crippen molar-refractivity contribution in [1.82, 2.24) is 9.88 Å². The van der Waals surface area contributed by atoms with Crippen LogP contribution >= 0.6 is 24.8 Å². The summed E-state index contributed by atoms with van der Waals surface area (Å²) in [5, 5.41) is 0. The molecule has 1 saturated heterocycles. The molecule has 0 amide bonds. The zero-order valence-electron chi connectivity index (χ0n) is 8.06. The Labute approximate surface area is 100 Å². The topological polar surface area (TPSA) is 25.4 Å². The quantitative estimate of drug-likeness (QED) is 0.827. The van der Waals surface area contributed by atoms with E-state index in [1.165, 1.54) is 18.7 Å². The first kappa shape index (κ1) is 14.4. The zero-order valence-corrected chi connectivity index (χ0v) is 9.69. The SMILES string of the molecule is Cl.Cl.Fc1cncc(OCN2CCC2)c1. The fourth-order valence-corrected chi connectivity index (χ4v) is 1.15. The molecule has 1 aliphatic heterocycles. The van der Waals surface area contributed by atoms with Gasteiger partial charge < -0.3 is 4.74 Å². The van der Waals surface area contributed by atoms with Crippen molar-refractivity contribution in [2.45, 2.75) is 6.42 Å². The lowest BCUT2D eigenvalue weighted by Gasteiger charge is -2.29. The molecule has 2 heterocycles. The second kappa shape index (κ2) is 6.82. The van der Waals surface area contributed by atoms with Gasteiger partial charge in [0.15, 0.2) is 0 Å². The van der Waals surface area contributed by atoms with Gasteiger partial charge in [-0.15, -0.1) is 24.8 Å². The van der Waals surface area contributed by atoms with E-state index in [-0.39, 0.29) is 30.6 Å². The lowest BCUT2D eigenvalue weighted by Crippen LogP contribution is -2.39. The largest absolute Gasteiger partial charge is 0.476 e. The van der Waals surface area contributed by atoms with Crippen molar-refractivity contribution in [3.63, 3.8) is 0 Å². The van der Waals surface area contributed by atoms with Gasteiger partial charge in [-0.3, -0.25) is 9.88 Å². The molecule has 0 aromatic carbocycles. The Hall–Kier alpha value is -0.580. The van der Waals surface area contributed by atoms with Crippen molar-refractivity contribution in [1.29, 1.82) is 0 Å². The molecule has 3 nitrogen and oxygen atoms in total. The van der Waals surface area contributed by atoms with Gasteiger partial charge in [-0.25, -0.2) is 4.39 Å². The van der Waals surface area contributed by atoms with Crippen molar-refractivity contribution in [3.8, 4) is 5.75 Å². The summed E-state index contributed by atoms with van der Waals surface area (Å²) in [5.74, 6) is 0.132. The van der Waals surface area contributed by atoms with Gasteiger partial charge in [0.25, 0.3) is 0 Å². The molecular weight excluding hydrogens is 242 g/mol. The molecule has 1 aromatic rings. The Balaban J connectivity index is 0.000000980. The minimum atomic E-state index is -0.360. The summed E-state index contributed by atoms with van der Waals surface area (Å²) in [6.07, 6.45) is 3.91. The highest BCUT2D eigenvalue weighted by molar-refractivity contribution is 5.85. The highest BCUT2D eigenvalue weighted by atomic mass is 35.5. The average Bonchev–Trinajstić information content (AvgIpc) is 2.01. The number of ether oxygens (including phenoxy) is 1. The van der Waals surface area contributed by atoms with Crippen LogP contribution < -0.4 is 4.74 Å². The molecule has 0 bridgehead atoms. The Morgan fingerprint density at radius 3 is 2.60 bits per heavy atom. The standard InChI is InChI=1S/C9H11FN2O.2ClH/c10-8-4-9(6-11-5-8)13-7-12-2-1-3-12;;/h4-6H,1-3,7H2;2*1H. The van der Waals surface area contributed by atoms with E-state index in [0.29, 0.717) is 12.5 Å². The summed E-state index contributed by atoms with van der Waals surface area (Å²) in [6, 6.07) is 1.34. The third kappa shape index (κ3) is 4.20. The fraction of sp³-hybridized carbons (Fsp3) is 0.444. The van der Waals surface area contributed by atoms with E-state index in [0.717, 1.165) is 19.3 Å². The van der Waals surface area contributed by atoms with Crippen LogP contribution in [0.3, 0.4) is 0 Å². The normalized spacial score (nSPS) is 14.5. The smallest absolute Gasteiger partial charge is 0.145 e. The first-order valence-corrected chi connectivity index (χ1v) is 4.30. The fourth-order valence-electron chi connectivity index (χ4n) is 1.15. The summed E-state index contributed by atoms with van der Waals surface area (Å²) in [5.41, 5.74) is 0. The summed E-state index contributed by atoms with van der Waals surface area (Å²) in [6.45, 7) is 2.68. The van der Waals surface area contributed by atoms with Gasteiger partial charge in [-0.1, -0.05) is 0 Å². The Kier molecular flexibility index (Phi) is 6.56. The molecule has 0 unspecified atom stereocenters. The van der Waals surface area contributed by atoms with Gasteiger partial charge in [0.1, 0.15) is 18.3 Å². The molecule has 0 saturated carbocycles. The Bertz CT molecular complexity index is 297. The van der Waals surface area contributed by atoms with Crippen LogP contribution in [0.4, 0.5) is 4.39 Å². The van der Waals surface area contributed by atoms with Crippen molar-refractivity contribution in [2.75, 3.05) is 19.8 Å². The van der Waals surface area contributed by atoms with Gasteiger partial charge >= 0.3 is 0 Å². The first-order valence-electron chi connectivity index (χ1n) is 4.30. The molecule has 2 rings (SSSR count). The molecule has 0 spiro atoms. The predicted octanol–water partition coefficient (Wildman–Crippen LogP) is 2.11. The highest BCUT2D eigenvalue weighted by Gasteiger charge is 2.13. The van der Waals surface area contributed by atoms with Crippen LogP contribution in [0, 0.1) is 5.82 Å². The molecule has 1 fully saturated rings. The van der Waals surface area contributed by atoms with Crippen LogP contribution in [0.25, 0.3) is 0 Å². The van der Waals surface area contributed by atoms with Crippen LogP contribution in [0.2, 0.25) is 0 Å². The van der Waals surface area contributed by atoms with Gasteiger partial charge in [0.2, 0.25) is 0 Å². The van der Waals surface area contributed by atoms with Crippen molar-refractivity contribution < 1.29 is 9.13 Å². The summed E-state index contributed by atoms with van der Waals surface area (Å²) < 4.78 is 17.9. The molecule has 0 N–H and O–H groups in total. The van der Waals surface area contributed by atoms with Crippen molar-refractivity contribution in [2.24, 2.45) is 0 Å². The number of pyridine rings is 1. The Morgan fingerprint density at radius 1 is 1.33 bits per heavy atom. The van der Waals surface area contributed by atoms with E-state index < -0.39 is 0 Å². The number of nitrogens with zero attached hydrogens (tertiary/aromatic N) is 2. The van der Waals surface area contributed by atoms with Crippen LogP contribution in [-0.2, 0) is 0 Å². The van der Waals surface area contributed by atoms with Crippen LogP contribution in [0.15, 0.2) is 18.5 Å². The second-order valence-electron chi connectivity index (χ2n) is 3.08. The number of hydrogen-bond donors (Lipinski definition) is 0. The molecule has 1 aromatic heterocycles. The number of aromatic nitrogens is 1. The number of hydrogen-bond acceptors (Lipinski definition) is 3. The number of halogens is 3. The summed E-state index contributed by atoms with van der Waals surface area (Å²) >= 11 is 0. The molecule has 0 aliphatic carbocycles. The monoisotopic (exact) mass is 254 g/mol. The molecule has 15 heavy (non-hydrogen) atoms. The van der Waals surface area contributed by atoms with Gasteiger partial charge in [-0.05, 0) is 6.42 Å². The zero-order chi connectivity index (χ0) is 9.10. The third-order valence-electron chi connectivity index (χ3n) is 2.04. The first-order chi connectivity index (χ1) is 6.34. The van der Waals surface area contributed by atoms with Crippen molar-refractivity contribution >= 4 is 24.8 Å². The van der Waals surface area contributed by atoms with E-state index >= 15 is 0 Å². The molecule has 6 heteroatoms. The molecule has 1 aliphatic rings.